The fourth-order valence-corrected chi connectivity index (χ4v) is 3.66. The Bertz CT molecular complexity index is 762. The minimum atomic E-state index is 0. The molecule has 1 atom stereocenters. The molecular weight excluding hydrogens is 479 g/mol. The second-order valence-electron chi connectivity index (χ2n) is 7.81. The predicted octanol–water partition coefficient (Wildman–Crippen LogP) is 2.57. The van der Waals surface area contributed by atoms with E-state index in [0.29, 0.717) is 5.92 Å². The molecular formula is C21H35IN6O. The van der Waals surface area contributed by atoms with Crippen LogP contribution in [0.25, 0.3) is 11.0 Å². The average molecular weight is 514 g/mol. The van der Waals surface area contributed by atoms with Gasteiger partial charge in [0.1, 0.15) is 0 Å². The Hall–Kier alpha value is -1.39. The second-order valence-corrected chi connectivity index (χ2v) is 7.81. The third kappa shape index (κ3) is 7.42. The summed E-state index contributed by atoms with van der Waals surface area (Å²) >= 11 is 0. The number of hydrogen-bond acceptors (Lipinski definition) is 4. The van der Waals surface area contributed by atoms with Gasteiger partial charge in [-0.1, -0.05) is 26.0 Å². The summed E-state index contributed by atoms with van der Waals surface area (Å²) in [6.45, 7) is 11.1. The third-order valence-electron chi connectivity index (χ3n) is 4.96. The molecule has 1 aromatic heterocycles. The van der Waals surface area contributed by atoms with E-state index in [1.165, 1.54) is 5.52 Å². The number of guanidine groups is 1. The predicted molar refractivity (Wildman–Crippen MR) is 130 cm³/mol. The van der Waals surface area contributed by atoms with Gasteiger partial charge in [-0.25, -0.2) is 4.98 Å². The van der Waals surface area contributed by atoms with Crippen molar-refractivity contribution in [2.75, 3.05) is 46.4 Å². The molecule has 3 rings (SSSR count). The molecule has 0 bridgehead atoms. The molecule has 1 unspecified atom stereocenters. The molecule has 0 aliphatic carbocycles. The molecule has 1 aliphatic heterocycles. The number of halogens is 1. The molecule has 162 valence electrons. The highest BCUT2D eigenvalue weighted by molar-refractivity contribution is 14.0. The minimum Gasteiger partial charge on any atom is -0.374 e. The summed E-state index contributed by atoms with van der Waals surface area (Å²) in [6.07, 6.45) is 3.13. The van der Waals surface area contributed by atoms with E-state index in [1.54, 1.807) is 0 Å². The van der Waals surface area contributed by atoms with Crippen LogP contribution in [0.3, 0.4) is 0 Å². The quantitative estimate of drug-likeness (QED) is 0.246. The van der Waals surface area contributed by atoms with Crippen LogP contribution in [0.1, 0.15) is 20.3 Å². The van der Waals surface area contributed by atoms with E-state index in [2.05, 4.69) is 56.1 Å². The van der Waals surface area contributed by atoms with E-state index in [9.17, 15) is 0 Å². The summed E-state index contributed by atoms with van der Waals surface area (Å²) in [7, 11) is 1.81. The van der Waals surface area contributed by atoms with Crippen LogP contribution in [-0.2, 0) is 11.3 Å². The average Bonchev–Trinajstić information content (AvgIpc) is 3.10. The number of nitrogens with zero attached hydrogens (tertiary/aromatic N) is 4. The summed E-state index contributed by atoms with van der Waals surface area (Å²) in [5.74, 6) is 1.52. The van der Waals surface area contributed by atoms with E-state index in [4.69, 9.17) is 4.74 Å². The Morgan fingerprint density at radius 3 is 2.93 bits per heavy atom. The maximum Gasteiger partial charge on any atom is 0.191 e. The molecule has 0 amide bonds. The van der Waals surface area contributed by atoms with Gasteiger partial charge in [0.05, 0.1) is 30.1 Å². The van der Waals surface area contributed by atoms with Crippen LogP contribution in [0.4, 0.5) is 0 Å². The van der Waals surface area contributed by atoms with Crippen LogP contribution in [0.5, 0.6) is 0 Å². The van der Waals surface area contributed by atoms with E-state index in [0.717, 1.165) is 63.8 Å². The van der Waals surface area contributed by atoms with Gasteiger partial charge in [-0.05, 0) is 24.5 Å². The van der Waals surface area contributed by atoms with E-state index < -0.39 is 0 Å². The van der Waals surface area contributed by atoms with Gasteiger partial charge < -0.3 is 19.9 Å². The molecule has 8 heteroatoms. The lowest BCUT2D eigenvalue weighted by molar-refractivity contribution is -0.0284. The zero-order valence-corrected chi connectivity index (χ0v) is 20.1. The number of rotatable bonds is 8. The summed E-state index contributed by atoms with van der Waals surface area (Å²) in [5, 5.41) is 6.80. The molecule has 1 fully saturated rings. The van der Waals surface area contributed by atoms with Crippen molar-refractivity contribution in [2.45, 2.75) is 32.9 Å². The molecule has 29 heavy (non-hydrogen) atoms. The van der Waals surface area contributed by atoms with Crippen LogP contribution in [0, 0.1) is 5.92 Å². The fourth-order valence-electron chi connectivity index (χ4n) is 3.66. The fraction of sp³-hybridized carbons (Fsp3) is 0.619. The topological polar surface area (TPSA) is 66.7 Å². The maximum atomic E-state index is 5.90. The summed E-state index contributed by atoms with van der Waals surface area (Å²) in [4.78, 5) is 11.3. The van der Waals surface area contributed by atoms with Crippen molar-refractivity contribution in [1.82, 2.24) is 25.1 Å². The van der Waals surface area contributed by atoms with Crippen LogP contribution < -0.4 is 10.6 Å². The first-order chi connectivity index (χ1) is 13.7. The number of aliphatic imine (C=N–C) groups is 1. The Labute approximate surface area is 191 Å². The number of benzene rings is 1. The van der Waals surface area contributed by atoms with Crippen molar-refractivity contribution in [3.05, 3.63) is 30.6 Å². The number of ether oxygens (including phenoxy) is 1. The van der Waals surface area contributed by atoms with E-state index in [-0.39, 0.29) is 30.1 Å². The Balaban J connectivity index is 0.00000300. The van der Waals surface area contributed by atoms with Crippen LogP contribution in [-0.4, -0.2) is 72.9 Å². The number of aryl methyl sites for hydroxylation is 1. The second kappa shape index (κ2) is 12.3. The number of hydrogen-bond donors (Lipinski definition) is 2. The van der Waals surface area contributed by atoms with Gasteiger partial charge in [0, 0.05) is 46.3 Å². The molecule has 2 N–H and O–H groups in total. The van der Waals surface area contributed by atoms with Gasteiger partial charge in [-0.3, -0.25) is 9.89 Å². The zero-order valence-electron chi connectivity index (χ0n) is 17.8. The van der Waals surface area contributed by atoms with Gasteiger partial charge in [0.2, 0.25) is 0 Å². The summed E-state index contributed by atoms with van der Waals surface area (Å²) < 4.78 is 8.10. The van der Waals surface area contributed by atoms with Gasteiger partial charge in [0.15, 0.2) is 5.96 Å². The van der Waals surface area contributed by atoms with E-state index in [1.807, 2.05) is 25.5 Å². The summed E-state index contributed by atoms with van der Waals surface area (Å²) in [6, 6.07) is 8.24. The molecule has 2 aromatic rings. The summed E-state index contributed by atoms with van der Waals surface area (Å²) in [5.41, 5.74) is 2.23. The maximum absolute atomic E-state index is 5.90. The van der Waals surface area contributed by atoms with Crippen molar-refractivity contribution < 1.29 is 4.74 Å². The lowest BCUT2D eigenvalue weighted by atomic mass is 10.2. The molecule has 1 aromatic carbocycles. The van der Waals surface area contributed by atoms with Crippen LogP contribution in [0.2, 0.25) is 0 Å². The largest absolute Gasteiger partial charge is 0.374 e. The van der Waals surface area contributed by atoms with E-state index >= 15 is 0 Å². The number of aromatic nitrogens is 2. The number of fused-ring (bicyclic) bond motifs is 1. The molecule has 7 nitrogen and oxygen atoms in total. The standard InChI is InChI=1S/C21H34N6O.HI/c1-17(2)14-26-11-12-28-18(15-26)13-24-21(22-3)23-9-6-10-27-16-25-19-7-4-5-8-20(19)27;/h4-5,7-8,16-18H,6,9-15H2,1-3H3,(H2,22,23,24);1H. The molecule has 0 spiro atoms. The number of imidazole rings is 1. The molecule has 1 saturated heterocycles. The number of para-hydroxylation sites is 2. The first-order valence-corrected chi connectivity index (χ1v) is 10.3. The highest BCUT2D eigenvalue weighted by Gasteiger charge is 2.21. The van der Waals surface area contributed by atoms with Crippen molar-refractivity contribution in [2.24, 2.45) is 10.9 Å². The molecule has 0 radical (unpaired) electrons. The number of morpholine rings is 1. The third-order valence-corrected chi connectivity index (χ3v) is 4.96. The Morgan fingerprint density at radius 2 is 2.14 bits per heavy atom. The van der Waals surface area contributed by atoms with Gasteiger partial charge in [0.25, 0.3) is 0 Å². The Kier molecular flexibility index (Phi) is 10.2. The zero-order chi connectivity index (χ0) is 19.8. The normalized spacial score (nSPS) is 18.1. The monoisotopic (exact) mass is 514 g/mol. The number of nitrogens with one attached hydrogen (secondary N) is 2. The molecule has 0 saturated carbocycles. The van der Waals surface area contributed by atoms with Gasteiger partial charge >= 0.3 is 0 Å². The van der Waals surface area contributed by atoms with Gasteiger partial charge in [-0.2, -0.15) is 0 Å². The van der Waals surface area contributed by atoms with Crippen molar-refractivity contribution in [1.29, 1.82) is 0 Å². The van der Waals surface area contributed by atoms with Crippen LogP contribution >= 0.6 is 24.0 Å². The van der Waals surface area contributed by atoms with Crippen molar-refractivity contribution in [3.63, 3.8) is 0 Å². The van der Waals surface area contributed by atoms with Gasteiger partial charge in [-0.15, -0.1) is 24.0 Å². The minimum absolute atomic E-state index is 0. The first-order valence-electron chi connectivity index (χ1n) is 10.3. The van der Waals surface area contributed by atoms with Crippen LogP contribution in [0.15, 0.2) is 35.6 Å². The highest BCUT2D eigenvalue weighted by Crippen LogP contribution is 2.12. The highest BCUT2D eigenvalue weighted by atomic mass is 127. The first kappa shape index (κ1) is 23.9. The molecule has 2 heterocycles. The smallest absolute Gasteiger partial charge is 0.191 e. The SMILES string of the molecule is CN=C(NCCCn1cnc2ccccc21)NCC1CN(CC(C)C)CCO1.I. The molecule has 1 aliphatic rings. The van der Waals surface area contributed by atoms with Crippen molar-refractivity contribution >= 4 is 41.0 Å². The lowest BCUT2D eigenvalue weighted by Crippen LogP contribution is -2.50. The Morgan fingerprint density at radius 1 is 1.31 bits per heavy atom. The van der Waals surface area contributed by atoms with Crippen molar-refractivity contribution in [3.8, 4) is 0 Å². The lowest BCUT2D eigenvalue weighted by Gasteiger charge is -2.34.